The van der Waals surface area contributed by atoms with Crippen LogP contribution in [0.15, 0.2) is 59.3 Å². The minimum absolute atomic E-state index is 0.153. The summed E-state index contributed by atoms with van der Waals surface area (Å²) in [5.74, 6) is 1.65. The lowest BCUT2D eigenvalue weighted by Gasteiger charge is -2.10. The number of amides is 1. The Balaban J connectivity index is 1.36. The zero-order chi connectivity index (χ0) is 22.7. The van der Waals surface area contributed by atoms with Crippen LogP contribution in [-0.2, 0) is 17.8 Å². The predicted octanol–water partition coefficient (Wildman–Crippen LogP) is 6.08. The third-order valence-corrected chi connectivity index (χ3v) is 5.82. The van der Waals surface area contributed by atoms with E-state index in [0.29, 0.717) is 40.5 Å². The number of hydrogen-bond acceptors (Lipinski definition) is 4. The first-order valence-electron chi connectivity index (χ1n) is 10.2. The molecule has 2 aromatic heterocycles. The van der Waals surface area contributed by atoms with Gasteiger partial charge in [-0.15, -0.1) is 0 Å². The molecule has 32 heavy (non-hydrogen) atoms. The van der Waals surface area contributed by atoms with E-state index in [1.807, 2.05) is 12.1 Å². The third kappa shape index (κ3) is 5.21. The number of benzene rings is 2. The minimum atomic E-state index is -0.153. The molecule has 0 bridgehead atoms. The Morgan fingerprint density at radius 3 is 2.72 bits per heavy atom. The highest BCUT2D eigenvalue weighted by atomic mass is 35.5. The molecule has 1 amide bonds. The summed E-state index contributed by atoms with van der Waals surface area (Å²) >= 11 is 12.2. The zero-order valence-corrected chi connectivity index (χ0v) is 19.2. The lowest BCUT2D eigenvalue weighted by molar-refractivity contribution is -0.116. The second-order valence-electron chi connectivity index (χ2n) is 7.58. The summed E-state index contributed by atoms with van der Waals surface area (Å²) in [5.41, 5.74) is 4.24. The lowest BCUT2D eigenvalue weighted by Crippen LogP contribution is -2.16. The first-order valence-corrected chi connectivity index (χ1v) is 10.9. The van der Waals surface area contributed by atoms with Gasteiger partial charge in [0.1, 0.15) is 5.82 Å². The summed E-state index contributed by atoms with van der Waals surface area (Å²) in [4.78, 5) is 16.8. The van der Waals surface area contributed by atoms with E-state index in [1.54, 1.807) is 35.3 Å². The Hall–Kier alpha value is -3.09. The normalized spacial score (nSPS) is 11.0. The molecule has 0 unspecified atom stereocenters. The van der Waals surface area contributed by atoms with Gasteiger partial charge in [0, 0.05) is 34.5 Å². The van der Waals surface area contributed by atoms with Crippen LogP contribution in [0.3, 0.4) is 0 Å². The van der Waals surface area contributed by atoms with Crippen molar-refractivity contribution in [2.45, 2.75) is 33.2 Å². The first-order chi connectivity index (χ1) is 15.4. The summed E-state index contributed by atoms with van der Waals surface area (Å²) < 4.78 is 7.52. The molecule has 0 saturated heterocycles. The molecule has 0 atom stereocenters. The van der Waals surface area contributed by atoms with Crippen LogP contribution in [0.2, 0.25) is 10.0 Å². The lowest BCUT2D eigenvalue weighted by atomic mass is 10.1. The van der Waals surface area contributed by atoms with Crippen molar-refractivity contribution in [3.05, 3.63) is 87.5 Å². The number of anilines is 1. The van der Waals surface area contributed by atoms with Crippen molar-refractivity contribution in [1.82, 2.24) is 14.8 Å². The molecular weight excluding hydrogens is 447 g/mol. The number of carbonyl (C=O) groups is 1. The summed E-state index contributed by atoms with van der Waals surface area (Å²) in [6, 6.07) is 13.2. The standard InChI is InChI=1S/C24H22Cl2N4O2/c1-15-3-4-17(11-16(15)2)21-13-27-24(32-21)8-7-23(31)29-22-9-10-28-30(22)14-18-5-6-19(25)12-20(18)26/h3-6,9-13H,7-8,14H2,1-2H3,(H,29,31). The van der Waals surface area contributed by atoms with Crippen molar-refractivity contribution in [3.8, 4) is 11.3 Å². The van der Waals surface area contributed by atoms with Gasteiger partial charge in [-0.25, -0.2) is 9.67 Å². The molecule has 2 heterocycles. The van der Waals surface area contributed by atoms with Crippen LogP contribution in [0.25, 0.3) is 11.3 Å². The van der Waals surface area contributed by atoms with Crippen molar-refractivity contribution in [3.63, 3.8) is 0 Å². The highest BCUT2D eigenvalue weighted by molar-refractivity contribution is 6.35. The Morgan fingerprint density at radius 2 is 1.94 bits per heavy atom. The monoisotopic (exact) mass is 468 g/mol. The molecule has 2 aromatic carbocycles. The Labute approximate surface area is 196 Å². The van der Waals surface area contributed by atoms with Crippen molar-refractivity contribution in [2.75, 3.05) is 5.32 Å². The molecule has 0 aliphatic rings. The topological polar surface area (TPSA) is 73.0 Å². The molecule has 0 spiro atoms. The van der Waals surface area contributed by atoms with Crippen LogP contribution >= 0.6 is 23.2 Å². The summed E-state index contributed by atoms with van der Waals surface area (Å²) in [6.07, 6.45) is 3.96. The van der Waals surface area contributed by atoms with Crippen LogP contribution in [0.4, 0.5) is 5.82 Å². The maximum Gasteiger partial charge on any atom is 0.226 e. The smallest absolute Gasteiger partial charge is 0.226 e. The van der Waals surface area contributed by atoms with Crippen molar-refractivity contribution in [1.29, 1.82) is 0 Å². The molecule has 0 fully saturated rings. The molecule has 0 aliphatic heterocycles. The second-order valence-corrected chi connectivity index (χ2v) is 8.42. The number of rotatable bonds is 7. The van der Waals surface area contributed by atoms with Gasteiger partial charge in [0.2, 0.25) is 5.91 Å². The maximum absolute atomic E-state index is 12.5. The fourth-order valence-electron chi connectivity index (χ4n) is 3.26. The molecule has 4 rings (SSSR count). The number of aromatic nitrogens is 3. The minimum Gasteiger partial charge on any atom is -0.441 e. The van der Waals surface area contributed by atoms with Gasteiger partial charge in [-0.3, -0.25) is 4.79 Å². The summed E-state index contributed by atoms with van der Waals surface area (Å²) in [5, 5.41) is 8.28. The first kappa shape index (κ1) is 22.1. The molecule has 4 aromatic rings. The van der Waals surface area contributed by atoms with Crippen LogP contribution in [0, 0.1) is 13.8 Å². The van der Waals surface area contributed by atoms with Gasteiger partial charge in [0.15, 0.2) is 11.7 Å². The number of nitrogens with one attached hydrogen (secondary N) is 1. The predicted molar refractivity (Wildman–Crippen MR) is 126 cm³/mol. The van der Waals surface area contributed by atoms with Gasteiger partial charge < -0.3 is 9.73 Å². The van der Waals surface area contributed by atoms with Crippen molar-refractivity contribution >= 4 is 34.9 Å². The van der Waals surface area contributed by atoms with Crippen LogP contribution < -0.4 is 5.32 Å². The van der Waals surface area contributed by atoms with Crippen molar-refractivity contribution < 1.29 is 9.21 Å². The van der Waals surface area contributed by atoms with Gasteiger partial charge >= 0.3 is 0 Å². The number of halogens is 2. The molecule has 6 nitrogen and oxygen atoms in total. The maximum atomic E-state index is 12.5. The van der Waals surface area contributed by atoms with Gasteiger partial charge in [-0.2, -0.15) is 5.10 Å². The third-order valence-electron chi connectivity index (χ3n) is 5.23. The quantitative estimate of drug-likeness (QED) is 0.356. The van der Waals surface area contributed by atoms with Crippen molar-refractivity contribution in [2.24, 2.45) is 0 Å². The summed E-state index contributed by atoms with van der Waals surface area (Å²) in [6.45, 7) is 4.54. The van der Waals surface area contributed by atoms with E-state index in [0.717, 1.165) is 11.1 Å². The Morgan fingerprint density at radius 1 is 1.09 bits per heavy atom. The number of carbonyl (C=O) groups excluding carboxylic acids is 1. The number of nitrogens with zero attached hydrogens (tertiary/aromatic N) is 3. The number of hydrogen-bond donors (Lipinski definition) is 1. The molecule has 8 heteroatoms. The van der Waals surface area contributed by atoms with E-state index in [9.17, 15) is 4.79 Å². The average molecular weight is 469 g/mol. The molecule has 0 saturated carbocycles. The Kier molecular flexibility index (Phi) is 6.63. The van der Waals surface area contributed by atoms with Gasteiger partial charge in [-0.1, -0.05) is 41.4 Å². The van der Waals surface area contributed by atoms with Gasteiger partial charge in [0.05, 0.1) is 18.9 Å². The van der Waals surface area contributed by atoms with E-state index in [-0.39, 0.29) is 12.3 Å². The fourth-order valence-corrected chi connectivity index (χ4v) is 3.72. The highest BCUT2D eigenvalue weighted by Gasteiger charge is 2.12. The number of oxazole rings is 1. The zero-order valence-electron chi connectivity index (χ0n) is 17.7. The van der Waals surface area contributed by atoms with E-state index < -0.39 is 0 Å². The summed E-state index contributed by atoms with van der Waals surface area (Å²) in [7, 11) is 0. The largest absolute Gasteiger partial charge is 0.441 e. The van der Waals surface area contributed by atoms with Crippen LogP contribution in [-0.4, -0.2) is 20.7 Å². The van der Waals surface area contributed by atoms with E-state index in [1.165, 1.54) is 11.1 Å². The molecule has 0 aliphatic carbocycles. The Bertz CT molecular complexity index is 1260. The molecular formula is C24H22Cl2N4O2. The van der Waals surface area contributed by atoms with E-state index in [2.05, 4.69) is 41.4 Å². The van der Waals surface area contributed by atoms with Crippen LogP contribution in [0.5, 0.6) is 0 Å². The van der Waals surface area contributed by atoms with Gasteiger partial charge in [-0.05, 0) is 48.7 Å². The highest BCUT2D eigenvalue weighted by Crippen LogP contribution is 2.24. The molecule has 164 valence electrons. The average Bonchev–Trinajstić information content (AvgIpc) is 3.40. The molecule has 1 N–H and O–H groups in total. The van der Waals surface area contributed by atoms with Crippen LogP contribution in [0.1, 0.15) is 29.0 Å². The SMILES string of the molecule is Cc1ccc(-c2cnc(CCC(=O)Nc3ccnn3Cc3ccc(Cl)cc3Cl)o2)cc1C. The molecule has 0 radical (unpaired) electrons. The van der Waals surface area contributed by atoms with E-state index in [4.69, 9.17) is 27.6 Å². The second kappa shape index (κ2) is 9.59. The number of aryl methyl sites for hydroxylation is 3. The van der Waals surface area contributed by atoms with Gasteiger partial charge in [0.25, 0.3) is 0 Å². The van der Waals surface area contributed by atoms with E-state index >= 15 is 0 Å². The fraction of sp³-hybridized carbons (Fsp3) is 0.208.